The number of aromatic nitrogens is 2. The Morgan fingerprint density at radius 1 is 1.50 bits per heavy atom. The molecule has 1 fully saturated rings. The fraction of sp³-hybridized carbons (Fsp3) is 0.267. The predicted molar refractivity (Wildman–Crippen MR) is 90.1 cm³/mol. The molecule has 0 saturated carbocycles. The van der Waals surface area contributed by atoms with Crippen LogP contribution in [0.25, 0.3) is 11.4 Å². The van der Waals surface area contributed by atoms with E-state index in [0.717, 1.165) is 17.6 Å². The number of hydrogen-bond acceptors (Lipinski definition) is 7. The van der Waals surface area contributed by atoms with Crippen LogP contribution >= 0.6 is 11.5 Å². The lowest BCUT2D eigenvalue weighted by Gasteiger charge is -2.14. The Bertz CT molecular complexity index is 887. The summed E-state index contributed by atoms with van der Waals surface area (Å²) in [6.45, 7) is 1.72. The summed E-state index contributed by atoms with van der Waals surface area (Å²) in [6, 6.07) is 4.08. The molecule has 1 aromatic carbocycles. The minimum absolute atomic E-state index is 0.0209. The second-order valence-corrected chi connectivity index (χ2v) is 6.26. The fourth-order valence-electron chi connectivity index (χ4n) is 2.38. The molecule has 3 amide bonds. The minimum Gasteiger partial charge on any atom is -0.442 e. The standard InChI is InChI=1S/C15H14FN5O4S/c1-7(22)18-5-9-6-21(15(24)25-9)8-2-3-10(11(16)4-8)13-19-14(12(17)23)26-20-13/h2-4,9H,5-6H2,1H3,(H2,17,23)(H,18,22). The second kappa shape index (κ2) is 7.04. The van der Waals surface area contributed by atoms with Crippen LogP contribution in [0.4, 0.5) is 14.9 Å². The average Bonchev–Trinajstić information content (AvgIpc) is 3.20. The van der Waals surface area contributed by atoms with Crippen molar-refractivity contribution in [1.82, 2.24) is 14.7 Å². The molecular weight excluding hydrogens is 365 g/mol. The van der Waals surface area contributed by atoms with Crippen molar-refractivity contribution >= 4 is 35.1 Å². The zero-order chi connectivity index (χ0) is 18.8. The van der Waals surface area contributed by atoms with Crippen LogP contribution in [0.1, 0.15) is 16.7 Å². The normalized spacial score (nSPS) is 16.5. The monoisotopic (exact) mass is 379 g/mol. The molecule has 1 atom stereocenters. The van der Waals surface area contributed by atoms with Gasteiger partial charge in [0.1, 0.15) is 11.9 Å². The molecule has 1 aliphatic rings. The Kier molecular flexibility index (Phi) is 4.80. The van der Waals surface area contributed by atoms with Gasteiger partial charge in [-0.1, -0.05) is 0 Å². The number of carbonyl (C=O) groups excluding carboxylic acids is 3. The number of cyclic esters (lactones) is 1. The van der Waals surface area contributed by atoms with E-state index in [1.165, 1.54) is 24.0 Å². The molecule has 26 heavy (non-hydrogen) atoms. The van der Waals surface area contributed by atoms with Crippen LogP contribution in [0.3, 0.4) is 0 Å². The van der Waals surface area contributed by atoms with Gasteiger partial charge in [-0.15, -0.1) is 0 Å². The van der Waals surface area contributed by atoms with Crippen LogP contribution < -0.4 is 16.0 Å². The summed E-state index contributed by atoms with van der Waals surface area (Å²) in [6.07, 6.45) is -1.15. The highest BCUT2D eigenvalue weighted by Crippen LogP contribution is 2.28. The average molecular weight is 379 g/mol. The SMILES string of the molecule is CC(=O)NCC1CN(c2ccc(-c3nsc(C(N)=O)n3)c(F)c2)C(=O)O1. The van der Waals surface area contributed by atoms with E-state index in [1.807, 2.05) is 0 Å². The third kappa shape index (κ3) is 3.61. The molecular formula is C15H14FN5O4S. The maximum absolute atomic E-state index is 14.5. The number of primary amides is 1. The van der Waals surface area contributed by atoms with Gasteiger partial charge in [-0.25, -0.2) is 14.2 Å². The highest BCUT2D eigenvalue weighted by Gasteiger charge is 2.32. The van der Waals surface area contributed by atoms with Gasteiger partial charge in [0.05, 0.1) is 24.3 Å². The summed E-state index contributed by atoms with van der Waals surface area (Å²) in [5.41, 5.74) is 5.49. The highest BCUT2D eigenvalue weighted by molar-refractivity contribution is 7.07. The van der Waals surface area contributed by atoms with Gasteiger partial charge >= 0.3 is 6.09 Å². The smallest absolute Gasteiger partial charge is 0.414 e. The van der Waals surface area contributed by atoms with Gasteiger partial charge in [0.15, 0.2) is 5.82 Å². The summed E-state index contributed by atoms with van der Waals surface area (Å²) in [5.74, 6) is -1.59. The molecule has 0 bridgehead atoms. The molecule has 136 valence electrons. The number of nitrogens with one attached hydrogen (secondary N) is 1. The van der Waals surface area contributed by atoms with Crippen molar-refractivity contribution in [3.8, 4) is 11.4 Å². The fourth-order valence-corrected chi connectivity index (χ4v) is 2.91. The third-order valence-corrected chi connectivity index (χ3v) is 4.32. The van der Waals surface area contributed by atoms with Gasteiger partial charge in [-0.05, 0) is 29.7 Å². The summed E-state index contributed by atoms with van der Waals surface area (Å²) in [5, 5.41) is 2.54. The van der Waals surface area contributed by atoms with Crippen LogP contribution in [0, 0.1) is 5.82 Å². The summed E-state index contributed by atoms with van der Waals surface area (Å²) < 4.78 is 23.5. The van der Waals surface area contributed by atoms with Crippen molar-refractivity contribution in [2.75, 3.05) is 18.0 Å². The van der Waals surface area contributed by atoms with Gasteiger partial charge in [-0.2, -0.15) is 4.37 Å². The molecule has 1 unspecified atom stereocenters. The maximum Gasteiger partial charge on any atom is 0.414 e. The summed E-state index contributed by atoms with van der Waals surface area (Å²) in [7, 11) is 0. The first-order valence-corrected chi connectivity index (χ1v) is 8.28. The molecule has 9 nitrogen and oxygen atoms in total. The summed E-state index contributed by atoms with van der Waals surface area (Å²) >= 11 is 0.778. The molecule has 11 heteroatoms. The number of amides is 3. The lowest BCUT2D eigenvalue weighted by Crippen LogP contribution is -2.33. The molecule has 1 saturated heterocycles. The number of carbonyl (C=O) groups is 3. The van der Waals surface area contributed by atoms with Crippen LogP contribution in [-0.2, 0) is 9.53 Å². The molecule has 2 aromatic rings. The largest absolute Gasteiger partial charge is 0.442 e. The first-order valence-electron chi connectivity index (χ1n) is 7.51. The number of nitrogens with zero attached hydrogens (tertiary/aromatic N) is 3. The van der Waals surface area contributed by atoms with Crippen LogP contribution in [0.2, 0.25) is 0 Å². The first kappa shape index (κ1) is 17.7. The van der Waals surface area contributed by atoms with E-state index in [4.69, 9.17) is 10.5 Å². The number of halogens is 1. The van der Waals surface area contributed by atoms with Gasteiger partial charge < -0.3 is 15.8 Å². The molecule has 3 rings (SSSR count). The van der Waals surface area contributed by atoms with Crippen LogP contribution in [0.15, 0.2) is 18.2 Å². The van der Waals surface area contributed by atoms with Crippen molar-refractivity contribution in [2.24, 2.45) is 5.73 Å². The van der Waals surface area contributed by atoms with E-state index in [-0.39, 0.29) is 35.4 Å². The lowest BCUT2D eigenvalue weighted by molar-refractivity contribution is -0.119. The molecule has 2 heterocycles. The Hall–Kier alpha value is -3.08. The van der Waals surface area contributed by atoms with E-state index < -0.39 is 23.9 Å². The van der Waals surface area contributed by atoms with Crippen molar-refractivity contribution < 1.29 is 23.5 Å². The lowest BCUT2D eigenvalue weighted by atomic mass is 10.1. The number of hydrogen-bond donors (Lipinski definition) is 2. The van der Waals surface area contributed by atoms with Crippen LogP contribution in [0.5, 0.6) is 0 Å². The number of benzene rings is 1. The molecule has 0 aliphatic carbocycles. The van der Waals surface area contributed by atoms with Crippen molar-refractivity contribution in [3.63, 3.8) is 0 Å². The van der Waals surface area contributed by atoms with Crippen molar-refractivity contribution in [2.45, 2.75) is 13.0 Å². The maximum atomic E-state index is 14.5. The number of ether oxygens (including phenoxy) is 1. The van der Waals surface area contributed by atoms with E-state index in [2.05, 4.69) is 14.7 Å². The Morgan fingerprint density at radius 2 is 2.27 bits per heavy atom. The van der Waals surface area contributed by atoms with Gasteiger partial charge in [0, 0.05) is 6.92 Å². The Morgan fingerprint density at radius 3 is 2.88 bits per heavy atom. The quantitative estimate of drug-likeness (QED) is 0.795. The zero-order valence-electron chi connectivity index (χ0n) is 13.6. The first-order chi connectivity index (χ1) is 12.3. The molecule has 3 N–H and O–H groups in total. The van der Waals surface area contributed by atoms with Gasteiger partial charge in [0.25, 0.3) is 5.91 Å². The third-order valence-electron chi connectivity index (χ3n) is 3.59. The van der Waals surface area contributed by atoms with Crippen molar-refractivity contribution in [1.29, 1.82) is 0 Å². The Balaban J connectivity index is 1.77. The van der Waals surface area contributed by atoms with Crippen LogP contribution in [-0.4, -0.2) is 46.5 Å². The predicted octanol–water partition coefficient (Wildman–Crippen LogP) is 0.904. The number of rotatable bonds is 5. The van der Waals surface area contributed by atoms with Crippen molar-refractivity contribution in [3.05, 3.63) is 29.0 Å². The van der Waals surface area contributed by atoms with E-state index in [0.29, 0.717) is 5.69 Å². The highest BCUT2D eigenvalue weighted by atomic mass is 32.1. The minimum atomic E-state index is -0.740. The van der Waals surface area contributed by atoms with Gasteiger partial charge in [-0.3, -0.25) is 14.5 Å². The second-order valence-electron chi connectivity index (χ2n) is 5.50. The van der Waals surface area contributed by atoms with Gasteiger partial charge in [0.2, 0.25) is 10.9 Å². The number of anilines is 1. The Labute approximate surface area is 151 Å². The zero-order valence-corrected chi connectivity index (χ0v) is 14.4. The van der Waals surface area contributed by atoms with E-state index in [1.54, 1.807) is 0 Å². The van der Waals surface area contributed by atoms with E-state index >= 15 is 0 Å². The molecule has 0 spiro atoms. The molecule has 1 aromatic heterocycles. The topological polar surface area (TPSA) is 128 Å². The molecule has 0 radical (unpaired) electrons. The summed E-state index contributed by atoms with van der Waals surface area (Å²) in [4.78, 5) is 39.1. The molecule has 1 aliphatic heterocycles. The van der Waals surface area contributed by atoms with E-state index in [9.17, 15) is 18.8 Å². The number of nitrogens with two attached hydrogens (primary N) is 1.